The van der Waals surface area contributed by atoms with E-state index in [-0.39, 0.29) is 18.4 Å². The summed E-state index contributed by atoms with van der Waals surface area (Å²) >= 11 is 0. The number of nitrogens with two attached hydrogens (primary N) is 1. The fourth-order valence-electron chi connectivity index (χ4n) is 1.84. The van der Waals surface area contributed by atoms with Gasteiger partial charge in [-0.3, -0.25) is 4.79 Å². The molecule has 0 spiro atoms. The van der Waals surface area contributed by atoms with Crippen molar-refractivity contribution in [3.05, 3.63) is 0 Å². The maximum absolute atomic E-state index is 11.6. The van der Waals surface area contributed by atoms with Crippen LogP contribution >= 0.6 is 0 Å². The van der Waals surface area contributed by atoms with E-state index in [4.69, 9.17) is 10.8 Å². The maximum Gasteiger partial charge on any atom is 0.317 e. The third-order valence-corrected chi connectivity index (χ3v) is 2.69. The van der Waals surface area contributed by atoms with Crippen LogP contribution in [0.25, 0.3) is 0 Å². The number of carboxylic acids is 1. The molecule has 0 aromatic rings. The van der Waals surface area contributed by atoms with Gasteiger partial charge < -0.3 is 21.1 Å². The molecule has 1 atom stereocenters. The van der Waals surface area contributed by atoms with Crippen molar-refractivity contribution < 1.29 is 14.7 Å². The minimum Gasteiger partial charge on any atom is -0.481 e. The molecule has 6 heteroatoms. The number of amides is 2. The van der Waals surface area contributed by atoms with Gasteiger partial charge in [0.2, 0.25) is 0 Å². The summed E-state index contributed by atoms with van der Waals surface area (Å²) in [7, 11) is 0. The number of carbonyl (C=O) groups excluding carboxylic acids is 1. The lowest BCUT2D eigenvalue weighted by atomic mass is 10.1. The summed E-state index contributed by atoms with van der Waals surface area (Å²) in [5.41, 5.74) is 5.31. The number of nitrogens with one attached hydrogen (secondary N) is 1. The second-order valence-electron chi connectivity index (χ2n) is 4.07. The first-order valence-electron chi connectivity index (χ1n) is 5.58. The second kappa shape index (κ2) is 6.32. The number of likely N-dealkylation sites (tertiary alicyclic amines) is 1. The maximum atomic E-state index is 11.6. The second-order valence-corrected chi connectivity index (χ2v) is 4.07. The van der Waals surface area contributed by atoms with E-state index in [1.54, 1.807) is 4.90 Å². The minimum absolute atomic E-state index is 0.0951. The number of aliphatic carboxylic acids is 1. The highest BCUT2D eigenvalue weighted by molar-refractivity contribution is 5.74. The number of carbonyl (C=O) groups is 2. The SMILES string of the molecule is NCCCNC(=O)N1CCC(CC(=O)O)C1. The summed E-state index contributed by atoms with van der Waals surface area (Å²) in [6.45, 7) is 2.32. The molecule has 16 heavy (non-hydrogen) atoms. The van der Waals surface area contributed by atoms with Crippen LogP contribution in [-0.2, 0) is 4.79 Å². The summed E-state index contributed by atoms with van der Waals surface area (Å²) in [5.74, 6) is -0.701. The third-order valence-electron chi connectivity index (χ3n) is 2.69. The van der Waals surface area contributed by atoms with Gasteiger partial charge in [0.1, 0.15) is 0 Å². The van der Waals surface area contributed by atoms with Crippen LogP contribution in [0, 0.1) is 5.92 Å². The Labute approximate surface area is 94.8 Å². The van der Waals surface area contributed by atoms with Crippen LogP contribution in [0.3, 0.4) is 0 Å². The highest BCUT2D eigenvalue weighted by Gasteiger charge is 2.27. The van der Waals surface area contributed by atoms with Crippen LogP contribution in [0.4, 0.5) is 4.79 Å². The van der Waals surface area contributed by atoms with Crippen LogP contribution in [0.1, 0.15) is 19.3 Å². The molecule has 92 valence electrons. The molecule has 0 aliphatic carbocycles. The van der Waals surface area contributed by atoms with Crippen molar-refractivity contribution in [3.8, 4) is 0 Å². The van der Waals surface area contributed by atoms with Crippen LogP contribution < -0.4 is 11.1 Å². The molecule has 1 rings (SSSR count). The molecular formula is C10H19N3O3. The van der Waals surface area contributed by atoms with Crippen molar-refractivity contribution >= 4 is 12.0 Å². The van der Waals surface area contributed by atoms with Crippen LogP contribution in [0.15, 0.2) is 0 Å². The van der Waals surface area contributed by atoms with Gasteiger partial charge in [0.25, 0.3) is 0 Å². The lowest BCUT2D eigenvalue weighted by Gasteiger charge is -2.16. The Balaban J connectivity index is 2.24. The Morgan fingerprint density at radius 2 is 2.25 bits per heavy atom. The first-order chi connectivity index (χ1) is 7.63. The molecule has 0 aromatic carbocycles. The fraction of sp³-hybridized carbons (Fsp3) is 0.800. The fourth-order valence-corrected chi connectivity index (χ4v) is 1.84. The van der Waals surface area contributed by atoms with Crippen molar-refractivity contribution in [1.29, 1.82) is 0 Å². The summed E-state index contributed by atoms with van der Waals surface area (Å²) in [6.07, 6.45) is 1.68. The normalized spacial score (nSPS) is 19.8. The van der Waals surface area contributed by atoms with Crippen molar-refractivity contribution in [2.24, 2.45) is 11.7 Å². The van der Waals surface area contributed by atoms with Crippen LogP contribution in [-0.4, -0.2) is 48.2 Å². The van der Waals surface area contributed by atoms with Crippen molar-refractivity contribution in [2.75, 3.05) is 26.2 Å². The molecule has 1 fully saturated rings. The van der Waals surface area contributed by atoms with E-state index in [0.29, 0.717) is 26.2 Å². The van der Waals surface area contributed by atoms with Gasteiger partial charge in [0.05, 0.1) is 0 Å². The Bertz CT molecular complexity index is 258. The predicted octanol–water partition coefficient (Wildman–Crippen LogP) is -0.159. The minimum atomic E-state index is -0.796. The summed E-state index contributed by atoms with van der Waals surface area (Å²) in [4.78, 5) is 23.8. The lowest BCUT2D eigenvalue weighted by molar-refractivity contribution is -0.138. The first kappa shape index (κ1) is 12.8. The van der Waals surface area contributed by atoms with Gasteiger partial charge in [-0.15, -0.1) is 0 Å². The molecule has 1 aliphatic heterocycles. The standard InChI is InChI=1S/C10H19N3O3/c11-3-1-4-12-10(16)13-5-2-8(7-13)6-9(14)15/h8H,1-7,11H2,(H,12,16)(H,14,15). The smallest absolute Gasteiger partial charge is 0.317 e. The zero-order valence-corrected chi connectivity index (χ0v) is 9.32. The van der Waals surface area contributed by atoms with E-state index in [2.05, 4.69) is 5.32 Å². The molecule has 6 nitrogen and oxygen atoms in total. The monoisotopic (exact) mass is 229 g/mol. The highest BCUT2D eigenvalue weighted by Crippen LogP contribution is 2.19. The summed E-state index contributed by atoms with van der Waals surface area (Å²) in [6, 6.07) is -0.110. The molecular weight excluding hydrogens is 210 g/mol. The molecule has 1 heterocycles. The van der Waals surface area contributed by atoms with E-state index < -0.39 is 5.97 Å². The highest BCUT2D eigenvalue weighted by atomic mass is 16.4. The average molecular weight is 229 g/mol. The van der Waals surface area contributed by atoms with Gasteiger partial charge in [-0.1, -0.05) is 0 Å². The van der Waals surface area contributed by atoms with E-state index >= 15 is 0 Å². The molecule has 0 bridgehead atoms. The zero-order chi connectivity index (χ0) is 12.0. The molecule has 4 N–H and O–H groups in total. The lowest BCUT2D eigenvalue weighted by Crippen LogP contribution is -2.39. The van der Waals surface area contributed by atoms with Gasteiger partial charge in [-0.25, -0.2) is 4.79 Å². The van der Waals surface area contributed by atoms with E-state index in [1.165, 1.54) is 0 Å². The Morgan fingerprint density at radius 3 is 2.88 bits per heavy atom. The number of carboxylic acid groups (broad SMARTS) is 1. The molecule has 2 amide bonds. The number of rotatable bonds is 5. The topological polar surface area (TPSA) is 95.7 Å². The van der Waals surface area contributed by atoms with Crippen molar-refractivity contribution in [2.45, 2.75) is 19.3 Å². The Morgan fingerprint density at radius 1 is 1.50 bits per heavy atom. The largest absolute Gasteiger partial charge is 0.481 e. The summed E-state index contributed by atoms with van der Waals surface area (Å²) in [5, 5.41) is 11.4. The number of nitrogens with zero attached hydrogens (tertiary/aromatic N) is 1. The first-order valence-corrected chi connectivity index (χ1v) is 5.58. The van der Waals surface area contributed by atoms with Gasteiger partial charge in [0, 0.05) is 26.1 Å². The van der Waals surface area contributed by atoms with Gasteiger partial charge in [-0.2, -0.15) is 0 Å². The van der Waals surface area contributed by atoms with Gasteiger partial charge in [-0.05, 0) is 25.3 Å². The van der Waals surface area contributed by atoms with Crippen LogP contribution in [0.2, 0.25) is 0 Å². The van der Waals surface area contributed by atoms with E-state index in [9.17, 15) is 9.59 Å². The van der Waals surface area contributed by atoms with Crippen LogP contribution in [0.5, 0.6) is 0 Å². The molecule has 0 aromatic heterocycles. The molecule has 1 unspecified atom stereocenters. The predicted molar refractivity (Wildman–Crippen MR) is 59.0 cm³/mol. The Hall–Kier alpha value is -1.30. The molecule has 0 radical (unpaired) electrons. The Kier molecular flexibility index (Phi) is 5.04. The van der Waals surface area contributed by atoms with Crippen molar-refractivity contribution in [3.63, 3.8) is 0 Å². The van der Waals surface area contributed by atoms with E-state index in [0.717, 1.165) is 12.8 Å². The van der Waals surface area contributed by atoms with Crippen molar-refractivity contribution in [1.82, 2.24) is 10.2 Å². The number of hydrogen-bond acceptors (Lipinski definition) is 3. The quantitative estimate of drug-likeness (QED) is 0.571. The third kappa shape index (κ3) is 4.06. The average Bonchev–Trinajstić information content (AvgIpc) is 2.65. The molecule has 1 saturated heterocycles. The zero-order valence-electron chi connectivity index (χ0n) is 9.32. The summed E-state index contributed by atoms with van der Waals surface area (Å²) < 4.78 is 0. The van der Waals surface area contributed by atoms with Gasteiger partial charge >= 0.3 is 12.0 Å². The molecule has 0 saturated carbocycles. The number of hydrogen-bond donors (Lipinski definition) is 3. The van der Waals surface area contributed by atoms with E-state index in [1.807, 2.05) is 0 Å². The van der Waals surface area contributed by atoms with Gasteiger partial charge in [0.15, 0.2) is 0 Å². The molecule has 1 aliphatic rings. The number of urea groups is 1.